The van der Waals surface area contributed by atoms with Gasteiger partial charge in [0.15, 0.2) is 0 Å². The highest BCUT2D eigenvalue weighted by Gasteiger charge is 2.39. The molecule has 1 aliphatic heterocycles. The maximum atomic E-state index is 13.1. The number of anilines is 3. The summed E-state index contributed by atoms with van der Waals surface area (Å²) in [6.45, 7) is 0. The Morgan fingerprint density at radius 1 is 0.806 bits per heavy atom. The van der Waals surface area contributed by atoms with Gasteiger partial charge in [-0.05, 0) is 54.6 Å². The van der Waals surface area contributed by atoms with Crippen molar-refractivity contribution in [2.75, 3.05) is 22.6 Å². The first-order valence-electron chi connectivity index (χ1n) is 10.3. The highest BCUT2D eigenvalue weighted by Crippen LogP contribution is 2.31. The highest BCUT2D eigenvalue weighted by molar-refractivity contribution is 6.53. The summed E-state index contributed by atoms with van der Waals surface area (Å²) in [6.07, 6.45) is 0. The molecule has 0 aliphatic carbocycles. The molecule has 8 nitrogen and oxygen atoms in total. The molecule has 0 spiro atoms. The molecule has 36 heavy (non-hydrogen) atoms. The van der Waals surface area contributed by atoms with Crippen LogP contribution in [0.15, 0.2) is 77.5 Å². The van der Waals surface area contributed by atoms with Crippen molar-refractivity contribution >= 4 is 75.6 Å². The molecular formula is C25H16Cl3N3O5. The lowest BCUT2D eigenvalue weighted by Gasteiger charge is -2.16. The third-order valence-electron chi connectivity index (χ3n) is 5.07. The van der Waals surface area contributed by atoms with Gasteiger partial charge in [-0.2, -0.15) is 0 Å². The molecule has 0 saturated carbocycles. The van der Waals surface area contributed by atoms with E-state index in [1.165, 1.54) is 43.5 Å². The summed E-state index contributed by atoms with van der Waals surface area (Å²) >= 11 is 18.2. The summed E-state index contributed by atoms with van der Waals surface area (Å²) in [6, 6.07) is 16.7. The van der Waals surface area contributed by atoms with Gasteiger partial charge >= 0.3 is 5.97 Å². The second kappa shape index (κ2) is 10.4. The van der Waals surface area contributed by atoms with E-state index >= 15 is 0 Å². The van der Waals surface area contributed by atoms with Gasteiger partial charge in [0.2, 0.25) is 0 Å². The van der Waals surface area contributed by atoms with E-state index in [0.717, 1.165) is 4.90 Å². The Hall–Kier alpha value is -3.85. The van der Waals surface area contributed by atoms with E-state index in [4.69, 9.17) is 34.8 Å². The zero-order valence-electron chi connectivity index (χ0n) is 18.5. The number of imide groups is 1. The molecule has 0 atom stereocenters. The Morgan fingerprint density at radius 2 is 1.47 bits per heavy atom. The lowest BCUT2D eigenvalue weighted by atomic mass is 10.1. The fourth-order valence-electron chi connectivity index (χ4n) is 3.45. The van der Waals surface area contributed by atoms with E-state index in [-0.39, 0.29) is 27.5 Å². The van der Waals surface area contributed by atoms with Crippen molar-refractivity contribution in [2.45, 2.75) is 0 Å². The van der Waals surface area contributed by atoms with Crippen molar-refractivity contribution in [2.24, 2.45) is 0 Å². The normalized spacial score (nSPS) is 13.2. The van der Waals surface area contributed by atoms with E-state index in [2.05, 4.69) is 15.4 Å². The summed E-state index contributed by atoms with van der Waals surface area (Å²) < 4.78 is 4.69. The Labute approximate surface area is 220 Å². The number of benzene rings is 3. The van der Waals surface area contributed by atoms with Gasteiger partial charge in [0, 0.05) is 27.0 Å². The number of halogens is 3. The molecule has 1 heterocycles. The predicted octanol–water partition coefficient (Wildman–Crippen LogP) is 5.47. The molecule has 0 radical (unpaired) electrons. The number of carbonyl (C=O) groups excluding carboxylic acids is 4. The third-order valence-corrected chi connectivity index (χ3v) is 5.85. The average Bonchev–Trinajstić information content (AvgIpc) is 3.06. The van der Waals surface area contributed by atoms with Crippen molar-refractivity contribution in [3.63, 3.8) is 0 Å². The van der Waals surface area contributed by atoms with E-state index < -0.39 is 23.7 Å². The number of hydrogen-bond donors (Lipinski definition) is 2. The largest absolute Gasteiger partial charge is 0.465 e. The van der Waals surface area contributed by atoms with Crippen LogP contribution in [0, 0.1) is 0 Å². The quantitative estimate of drug-likeness (QED) is 0.315. The van der Waals surface area contributed by atoms with Crippen LogP contribution in [0.5, 0.6) is 0 Å². The van der Waals surface area contributed by atoms with Crippen molar-refractivity contribution in [3.05, 3.63) is 98.6 Å². The molecule has 2 N–H and O–H groups in total. The lowest BCUT2D eigenvalue weighted by Crippen LogP contribution is -2.32. The number of esters is 1. The molecule has 0 unspecified atom stereocenters. The van der Waals surface area contributed by atoms with Crippen LogP contribution in [-0.2, 0) is 14.3 Å². The Bertz CT molecular complexity index is 1430. The van der Waals surface area contributed by atoms with E-state index in [0.29, 0.717) is 21.4 Å². The van der Waals surface area contributed by atoms with Gasteiger partial charge < -0.3 is 15.4 Å². The minimum Gasteiger partial charge on any atom is -0.465 e. The number of carbonyl (C=O) groups is 4. The Balaban J connectivity index is 1.55. The van der Waals surface area contributed by atoms with Crippen LogP contribution in [0.1, 0.15) is 20.7 Å². The zero-order chi connectivity index (χ0) is 26.0. The lowest BCUT2D eigenvalue weighted by molar-refractivity contribution is -0.120. The maximum absolute atomic E-state index is 13.1. The molecule has 0 fully saturated rings. The molecule has 0 aromatic heterocycles. The first kappa shape index (κ1) is 25.2. The van der Waals surface area contributed by atoms with Crippen molar-refractivity contribution in [3.8, 4) is 0 Å². The van der Waals surface area contributed by atoms with Gasteiger partial charge in [-0.1, -0.05) is 46.9 Å². The smallest absolute Gasteiger partial charge is 0.337 e. The van der Waals surface area contributed by atoms with Gasteiger partial charge in [-0.15, -0.1) is 0 Å². The topological polar surface area (TPSA) is 105 Å². The monoisotopic (exact) mass is 543 g/mol. The number of methoxy groups -OCH3 is 1. The summed E-state index contributed by atoms with van der Waals surface area (Å²) in [5.41, 5.74) is 1.13. The molecule has 11 heteroatoms. The van der Waals surface area contributed by atoms with Crippen LogP contribution >= 0.6 is 34.8 Å². The molecule has 1 aliphatic rings. The SMILES string of the molecule is COC(=O)c1cccc(N2C(=O)C(Cl)=C(Nc3cccc(C(=O)Nc4cc(Cl)cc(Cl)c4)c3)C2=O)c1. The predicted molar refractivity (Wildman–Crippen MR) is 138 cm³/mol. The second-order valence-corrected chi connectivity index (χ2v) is 8.75. The first-order chi connectivity index (χ1) is 17.2. The summed E-state index contributed by atoms with van der Waals surface area (Å²) in [5, 5.41) is 5.89. The van der Waals surface area contributed by atoms with Crippen molar-refractivity contribution in [1.82, 2.24) is 0 Å². The molecule has 0 bridgehead atoms. The average molecular weight is 545 g/mol. The van der Waals surface area contributed by atoms with Crippen molar-refractivity contribution in [1.29, 1.82) is 0 Å². The number of amides is 3. The minimum atomic E-state index is -0.766. The molecular weight excluding hydrogens is 529 g/mol. The van der Waals surface area contributed by atoms with Crippen LogP contribution in [-0.4, -0.2) is 30.8 Å². The second-order valence-electron chi connectivity index (χ2n) is 7.49. The van der Waals surface area contributed by atoms with Gasteiger partial charge in [0.1, 0.15) is 10.7 Å². The van der Waals surface area contributed by atoms with E-state index in [1.54, 1.807) is 30.3 Å². The van der Waals surface area contributed by atoms with Crippen molar-refractivity contribution < 1.29 is 23.9 Å². The van der Waals surface area contributed by atoms with Crippen LogP contribution in [0.3, 0.4) is 0 Å². The summed E-state index contributed by atoms with van der Waals surface area (Å²) in [4.78, 5) is 51.3. The third kappa shape index (κ3) is 5.21. The molecule has 3 aromatic rings. The number of rotatable bonds is 6. The maximum Gasteiger partial charge on any atom is 0.337 e. The first-order valence-corrected chi connectivity index (χ1v) is 11.4. The molecule has 0 saturated heterocycles. The molecule has 182 valence electrons. The standard InChI is InChI=1S/C25H16Cl3N3O5/c1-36-25(35)14-5-3-7-19(9-14)31-23(33)20(28)21(24(31)34)29-17-6-2-4-13(8-17)22(32)30-18-11-15(26)10-16(27)12-18/h2-12,29H,1H3,(H,30,32). The van der Waals surface area contributed by atoms with Gasteiger partial charge in [0.05, 0.1) is 18.4 Å². The Morgan fingerprint density at radius 3 is 2.17 bits per heavy atom. The van der Waals surface area contributed by atoms with Crippen LogP contribution in [0.2, 0.25) is 10.0 Å². The molecule has 4 rings (SSSR count). The number of ether oxygens (including phenoxy) is 1. The Kier molecular flexibility index (Phi) is 7.30. The minimum absolute atomic E-state index is 0.149. The highest BCUT2D eigenvalue weighted by atomic mass is 35.5. The van der Waals surface area contributed by atoms with Crippen LogP contribution in [0.25, 0.3) is 0 Å². The van der Waals surface area contributed by atoms with Gasteiger partial charge in [0.25, 0.3) is 17.7 Å². The zero-order valence-corrected chi connectivity index (χ0v) is 20.7. The molecule has 3 amide bonds. The fraction of sp³-hybridized carbons (Fsp3) is 0.0400. The van der Waals surface area contributed by atoms with Gasteiger partial charge in [-0.3, -0.25) is 14.4 Å². The van der Waals surface area contributed by atoms with Crippen LogP contribution < -0.4 is 15.5 Å². The number of nitrogens with zero attached hydrogens (tertiary/aromatic N) is 1. The van der Waals surface area contributed by atoms with E-state index in [9.17, 15) is 19.2 Å². The molecule has 3 aromatic carbocycles. The summed E-state index contributed by atoms with van der Waals surface area (Å²) in [7, 11) is 1.22. The fourth-order valence-corrected chi connectivity index (χ4v) is 4.19. The van der Waals surface area contributed by atoms with Gasteiger partial charge in [-0.25, -0.2) is 9.69 Å². The number of nitrogens with one attached hydrogen (secondary N) is 2. The van der Waals surface area contributed by atoms with E-state index in [1.807, 2.05) is 0 Å². The van der Waals surface area contributed by atoms with Crippen LogP contribution in [0.4, 0.5) is 17.1 Å². The number of hydrogen-bond acceptors (Lipinski definition) is 6. The summed E-state index contributed by atoms with van der Waals surface area (Å²) in [5.74, 6) is -2.57.